The number of halogens is 3. The van der Waals surface area contributed by atoms with Crippen molar-refractivity contribution in [1.82, 2.24) is 0 Å². The van der Waals surface area contributed by atoms with Crippen LogP contribution >= 0.6 is 11.3 Å². The number of nitrogens with zero attached hydrogens (tertiary/aromatic N) is 2. The van der Waals surface area contributed by atoms with Gasteiger partial charge < -0.3 is 5.11 Å². The van der Waals surface area contributed by atoms with E-state index in [1.165, 1.54) is 12.1 Å². The van der Waals surface area contributed by atoms with E-state index in [1.54, 1.807) is 5.38 Å². The van der Waals surface area contributed by atoms with Crippen molar-refractivity contribution < 1.29 is 72.4 Å². The Hall–Kier alpha value is -0.896. The molecule has 0 spiro atoms. The summed E-state index contributed by atoms with van der Waals surface area (Å²) in [5, 5.41) is 10.0. The Balaban J connectivity index is 0.000000262. The summed E-state index contributed by atoms with van der Waals surface area (Å²) >= 11 is 1.01. The minimum atomic E-state index is -4.87. The summed E-state index contributed by atoms with van der Waals surface area (Å²) in [6.45, 7) is 0. The van der Waals surface area contributed by atoms with Gasteiger partial charge in [0.25, 0.3) is 0 Å². The zero-order valence-corrected chi connectivity index (χ0v) is 17.3. The molecule has 3 heterocycles. The molecule has 0 aromatic carbocycles. The van der Waals surface area contributed by atoms with Gasteiger partial charge in [-0.2, -0.15) is 13.2 Å². The fourth-order valence-electron chi connectivity index (χ4n) is 2.21. The van der Waals surface area contributed by atoms with Gasteiger partial charge in [0.1, 0.15) is 0 Å². The van der Waals surface area contributed by atoms with Crippen LogP contribution in [0.1, 0.15) is 22.5 Å². The fraction of sp³-hybridized carbons (Fsp3) is 0.278. The monoisotopic (exact) mass is 535 g/mol. The van der Waals surface area contributed by atoms with Gasteiger partial charge in [-0.1, -0.05) is 18.2 Å². The number of hydrogen-bond donors (Lipinski definition) is 1. The third-order valence-electron chi connectivity index (χ3n) is 3.52. The zero-order chi connectivity index (χ0) is 19.0. The third-order valence-corrected chi connectivity index (χ3v) is 4.41. The van der Waals surface area contributed by atoms with Crippen LogP contribution in [0.2, 0.25) is 0 Å². The second-order valence-corrected chi connectivity index (χ2v) is 6.38. The number of dihydropyridines is 2. The smallest absolute Gasteiger partial charge is 0.448 e. The van der Waals surface area contributed by atoms with E-state index in [-0.39, 0.29) is 60.3 Å². The predicted octanol–water partition coefficient (Wildman–Crippen LogP) is 4.72. The maximum absolute atomic E-state index is 11.8. The number of rotatable bonds is 3. The Bertz CT molecular complexity index is 725. The molecule has 4 nitrogen and oxygen atoms in total. The number of thiophene rings is 1. The molecule has 1 N–H and O–H groups in total. The molecule has 145 valence electrons. The summed E-state index contributed by atoms with van der Waals surface area (Å²) in [5.74, 6) is -2.73. The largest absolute Gasteiger partial charge is 0.504 e. The van der Waals surface area contributed by atoms with Gasteiger partial charge in [-0.25, -0.2) is 0 Å². The molecule has 1 aromatic rings. The molecule has 0 saturated carbocycles. The molecule has 1 radical (unpaired) electrons. The summed E-state index contributed by atoms with van der Waals surface area (Å²) in [7, 11) is 0. The minimum Gasteiger partial charge on any atom is -0.504 e. The van der Waals surface area contributed by atoms with Crippen molar-refractivity contribution in [3.8, 4) is 0 Å². The Morgan fingerprint density at radius 3 is 2.07 bits per heavy atom. The Kier molecular flexibility index (Phi) is 10.6. The van der Waals surface area contributed by atoms with Crippen LogP contribution in [0.4, 0.5) is 13.2 Å². The maximum Gasteiger partial charge on any atom is 0.448 e. The summed E-state index contributed by atoms with van der Waals surface area (Å²) < 4.78 is 35.4. The average molecular weight is 534 g/mol. The van der Waals surface area contributed by atoms with Crippen LogP contribution in [0.15, 0.2) is 63.6 Å². The number of carbonyl (C=O) groups excluding carboxylic acids is 1. The van der Waals surface area contributed by atoms with Crippen molar-refractivity contribution in [2.24, 2.45) is 9.98 Å². The van der Waals surface area contributed by atoms with E-state index >= 15 is 0 Å². The molecular weight excluding hydrogens is 517 g/mol. The van der Waals surface area contributed by atoms with E-state index in [0.29, 0.717) is 12.1 Å². The standard InChI is InChI=1S/C10H12N2.C8H5F3O2S.Eu/c1-3-7-11-9(5-1)10-6-2-4-8-12-10;9-8(10,11)7(13)4-5(12)6-2-1-3-14-6;/h1-4,7-10H,5-6H2;1-4,13H;/b;7-4-;. The van der Waals surface area contributed by atoms with Crippen LogP contribution in [0.25, 0.3) is 0 Å². The molecule has 2 atom stereocenters. The molecule has 9 heteroatoms. The summed E-state index contributed by atoms with van der Waals surface area (Å²) in [5.41, 5.74) is 0. The minimum absolute atomic E-state index is 0. The predicted molar refractivity (Wildman–Crippen MR) is 97.5 cm³/mol. The van der Waals surface area contributed by atoms with Crippen molar-refractivity contribution in [3.05, 3.63) is 58.5 Å². The molecule has 0 amide bonds. The first-order valence-electron chi connectivity index (χ1n) is 7.80. The first kappa shape index (κ1) is 24.1. The Labute approximate surface area is 199 Å². The molecule has 1 aromatic heterocycles. The van der Waals surface area contributed by atoms with E-state index in [1.807, 2.05) is 24.6 Å². The van der Waals surface area contributed by atoms with Gasteiger partial charge in [-0.3, -0.25) is 14.8 Å². The third kappa shape index (κ3) is 8.33. The fourth-order valence-corrected chi connectivity index (χ4v) is 2.84. The van der Waals surface area contributed by atoms with Gasteiger partial charge in [0.05, 0.1) is 17.0 Å². The van der Waals surface area contributed by atoms with Gasteiger partial charge in [0.2, 0.25) is 5.76 Å². The molecule has 2 unspecified atom stereocenters. The number of aliphatic hydroxyl groups is 1. The molecule has 0 bridgehead atoms. The molecule has 2 aliphatic heterocycles. The van der Waals surface area contributed by atoms with Crippen LogP contribution in [0, 0.1) is 49.4 Å². The SMILES string of the molecule is C1=CCC(C2CC=CC=N2)N=C1.O=C(/C=C(\O)C(F)(F)F)c1cccs1.[Eu]. The topological polar surface area (TPSA) is 62.0 Å². The van der Waals surface area contributed by atoms with E-state index < -0.39 is 17.7 Å². The Morgan fingerprint density at radius 2 is 1.70 bits per heavy atom. The van der Waals surface area contributed by atoms with Crippen LogP contribution in [-0.4, -0.2) is 41.6 Å². The quantitative estimate of drug-likeness (QED) is 0.347. The zero-order valence-electron chi connectivity index (χ0n) is 14.0. The van der Waals surface area contributed by atoms with Crippen molar-refractivity contribution >= 4 is 29.5 Å². The van der Waals surface area contributed by atoms with Crippen molar-refractivity contribution in [1.29, 1.82) is 0 Å². The molecule has 0 saturated heterocycles. The number of aliphatic imine (C=N–C) groups is 2. The van der Waals surface area contributed by atoms with E-state index in [4.69, 9.17) is 5.11 Å². The van der Waals surface area contributed by atoms with Crippen LogP contribution in [0.5, 0.6) is 0 Å². The van der Waals surface area contributed by atoms with E-state index in [2.05, 4.69) is 22.1 Å². The normalized spacial score (nSPS) is 21.2. The van der Waals surface area contributed by atoms with Crippen LogP contribution in [0.3, 0.4) is 0 Å². The summed E-state index contributed by atoms with van der Waals surface area (Å²) in [6.07, 6.45) is 9.44. The van der Waals surface area contributed by atoms with Gasteiger partial charge in [0.15, 0.2) is 5.78 Å². The van der Waals surface area contributed by atoms with Gasteiger partial charge in [-0.05, 0) is 36.4 Å². The number of aliphatic hydroxyl groups excluding tert-OH is 1. The summed E-state index contributed by atoms with van der Waals surface area (Å²) in [4.78, 5) is 20.0. The summed E-state index contributed by atoms with van der Waals surface area (Å²) in [6, 6.07) is 3.66. The van der Waals surface area contributed by atoms with Crippen LogP contribution in [-0.2, 0) is 0 Å². The second-order valence-electron chi connectivity index (χ2n) is 5.43. The van der Waals surface area contributed by atoms with Crippen molar-refractivity contribution in [2.45, 2.75) is 31.1 Å². The van der Waals surface area contributed by atoms with Crippen LogP contribution < -0.4 is 0 Å². The van der Waals surface area contributed by atoms with Gasteiger partial charge in [-0.15, -0.1) is 11.3 Å². The first-order chi connectivity index (χ1) is 12.4. The number of ketones is 1. The second kappa shape index (κ2) is 11.8. The Morgan fingerprint density at radius 1 is 1.15 bits per heavy atom. The number of allylic oxidation sites excluding steroid dienone is 4. The number of hydrogen-bond acceptors (Lipinski definition) is 5. The van der Waals surface area contributed by atoms with Crippen molar-refractivity contribution in [3.63, 3.8) is 0 Å². The maximum atomic E-state index is 11.8. The molecular formula is C18H17EuF3N2O2S. The molecule has 2 aliphatic rings. The molecule has 27 heavy (non-hydrogen) atoms. The first-order valence-corrected chi connectivity index (χ1v) is 8.68. The average Bonchev–Trinajstić information content (AvgIpc) is 3.18. The van der Waals surface area contributed by atoms with E-state index in [0.717, 1.165) is 24.2 Å². The molecule has 3 rings (SSSR count). The number of alkyl halides is 3. The molecule has 0 fully saturated rings. The van der Waals surface area contributed by atoms with Gasteiger partial charge in [0, 0.05) is 67.9 Å². The van der Waals surface area contributed by atoms with E-state index in [9.17, 15) is 18.0 Å². The number of carbonyl (C=O) groups is 1. The van der Waals surface area contributed by atoms with Gasteiger partial charge >= 0.3 is 6.18 Å². The molecule has 0 aliphatic carbocycles. The van der Waals surface area contributed by atoms with Crippen molar-refractivity contribution in [2.75, 3.05) is 0 Å².